The Morgan fingerprint density at radius 3 is 2.72 bits per heavy atom. The van der Waals surface area contributed by atoms with Gasteiger partial charge >= 0.3 is 5.97 Å². The molecule has 0 fully saturated rings. The number of hydrogen-bond acceptors (Lipinski definition) is 3. The highest BCUT2D eigenvalue weighted by atomic mass is 35.5. The monoisotopic (exact) mass is 295 g/mol. The minimum atomic E-state index is -3.78. The van der Waals surface area contributed by atoms with Crippen molar-refractivity contribution in [2.45, 2.75) is 12.2 Å². The zero-order chi connectivity index (χ0) is 13.8. The summed E-state index contributed by atoms with van der Waals surface area (Å²) in [5.41, 5.74) is -0.0645. The van der Waals surface area contributed by atoms with Gasteiger partial charge in [-0.3, -0.25) is 4.79 Å². The van der Waals surface area contributed by atoms with Crippen LogP contribution < -0.4 is 4.72 Å². The third-order valence-electron chi connectivity index (χ3n) is 2.01. The van der Waals surface area contributed by atoms with Crippen LogP contribution in [0.25, 0.3) is 0 Å². The highest BCUT2D eigenvalue weighted by Gasteiger charge is 2.15. The first-order valence-electron chi connectivity index (χ1n) is 4.93. The molecule has 0 saturated carbocycles. The summed E-state index contributed by atoms with van der Waals surface area (Å²) in [6.45, 7) is -0.236. The van der Waals surface area contributed by atoms with Crippen molar-refractivity contribution in [2.24, 2.45) is 0 Å². The molecule has 0 saturated heterocycles. The Bertz CT molecular complexity index is 547. The summed E-state index contributed by atoms with van der Waals surface area (Å²) < 4.78 is 38.4. The molecule has 0 aromatic heterocycles. The SMILES string of the molecule is O=C(O)CCNS(=O)(=O)Cc1cc(Cl)ccc1F. The van der Waals surface area contributed by atoms with Crippen LogP contribution >= 0.6 is 11.6 Å². The fraction of sp³-hybridized carbons (Fsp3) is 0.300. The van der Waals surface area contributed by atoms with E-state index in [1.807, 2.05) is 0 Å². The zero-order valence-corrected chi connectivity index (χ0v) is 10.8. The van der Waals surface area contributed by atoms with Gasteiger partial charge in [-0.05, 0) is 18.2 Å². The summed E-state index contributed by atoms with van der Waals surface area (Å²) in [4.78, 5) is 10.2. The minimum absolute atomic E-state index is 0.0645. The Morgan fingerprint density at radius 1 is 1.44 bits per heavy atom. The Balaban J connectivity index is 2.70. The molecule has 0 aliphatic heterocycles. The van der Waals surface area contributed by atoms with Crippen LogP contribution in [0, 0.1) is 5.82 Å². The van der Waals surface area contributed by atoms with Gasteiger partial charge in [0.25, 0.3) is 0 Å². The molecule has 0 atom stereocenters. The molecular formula is C10H11ClFNO4S. The average Bonchev–Trinajstić information content (AvgIpc) is 2.22. The molecule has 0 aliphatic carbocycles. The largest absolute Gasteiger partial charge is 0.481 e. The Hall–Kier alpha value is -1.18. The first-order valence-corrected chi connectivity index (χ1v) is 6.96. The van der Waals surface area contributed by atoms with E-state index < -0.39 is 27.6 Å². The quantitative estimate of drug-likeness (QED) is 0.830. The lowest BCUT2D eigenvalue weighted by molar-refractivity contribution is -0.136. The van der Waals surface area contributed by atoms with Crippen molar-refractivity contribution in [3.63, 3.8) is 0 Å². The van der Waals surface area contributed by atoms with Crippen molar-refractivity contribution in [3.8, 4) is 0 Å². The molecule has 2 N–H and O–H groups in total. The molecule has 5 nitrogen and oxygen atoms in total. The predicted molar refractivity (Wildman–Crippen MR) is 64.3 cm³/mol. The maximum absolute atomic E-state index is 13.3. The molecule has 0 amide bonds. The van der Waals surface area contributed by atoms with E-state index in [-0.39, 0.29) is 23.6 Å². The second-order valence-corrected chi connectivity index (χ2v) is 5.78. The second kappa shape index (κ2) is 6.12. The van der Waals surface area contributed by atoms with Gasteiger partial charge in [0, 0.05) is 17.1 Å². The number of carbonyl (C=O) groups is 1. The first kappa shape index (κ1) is 14.9. The number of carboxylic acids is 1. The highest BCUT2D eigenvalue weighted by Crippen LogP contribution is 2.16. The van der Waals surface area contributed by atoms with E-state index in [0.29, 0.717) is 0 Å². The number of hydrogen-bond donors (Lipinski definition) is 2. The van der Waals surface area contributed by atoms with Crippen molar-refractivity contribution < 1.29 is 22.7 Å². The summed E-state index contributed by atoms with van der Waals surface area (Å²) in [6.07, 6.45) is -0.336. The third-order valence-corrected chi connectivity index (χ3v) is 3.58. The van der Waals surface area contributed by atoms with Crippen LogP contribution in [0.4, 0.5) is 4.39 Å². The third kappa shape index (κ3) is 4.99. The fourth-order valence-electron chi connectivity index (χ4n) is 1.22. The van der Waals surface area contributed by atoms with Gasteiger partial charge in [0.2, 0.25) is 10.0 Å². The zero-order valence-electron chi connectivity index (χ0n) is 9.19. The maximum atomic E-state index is 13.3. The first-order chi connectivity index (χ1) is 8.30. The lowest BCUT2D eigenvalue weighted by atomic mass is 10.2. The van der Waals surface area contributed by atoms with Crippen molar-refractivity contribution in [1.82, 2.24) is 4.72 Å². The van der Waals surface area contributed by atoms with Crippen LogP contribution in [0.15, 0.2) is 18.2 Å². The Morgan fingerprint density at radius 2 is 2.11 bits per heavy atom. The second-order valence-electron chi connectivity index (χ2n) is 3.53. The number of aliphatic carboxylic acids is 1. The van der Waals surface area contributed by atoms with Gasteiger partial charge in [-0.25, -0.2) is 17.5 Å². The van der Waals surface area contributed by atoms with E-state index >= 15 is 0 Å². The van der Waals surface area contributed by atoms with Gasteiger partial charge in [0.05, 0.1) is 12.2 Å². The fourth-order valence-corrected chi connectivity index (χ4v) is 2.56. The number of carboxylic acid groups (broad SMARTS) is 1. The minimum Gasteiger partial charge on any atom is -0.481 e. The lowest BCUT2D eigenvalue weighted by Crippen LogP contribution is -2.27. The van der Waals surface area contributed by atoms with Gasteiger partial charge < -0.3 is 5.11 Å². The molecule has 1 aromatic carbocycles. The van der Waals surface area contributed by atoms with Crippen molar-refractivity contribution in [3.05, 3.63) is 34.6 Å². The summed E-state index contributed by atoms with van der Waals surface area (Å²) in [7, 11) is -3.78. The molecular weight excluding hydrogens is 285 g/mol. The van der Waals surface area contributed by atoms with E-state index in [9.17, 15) is 17.6 Å². The summed E-state index contributed by atoms with van der Waals surface area (Å²) >= 11 is 5.63. The average molecular weight is 296 g/mol. The number of benzene rings is 1. The van der Waals surface area contributed by atoms with E-state index in [4.69, 9.17) is 16.7 Å². The molecule has 0 aliphatic rings. The van der Waals surface area contributed by atoms with Gasteiger partial charge in [0.15, 0.2) is 0 Å². The molecule has 1 rings (SSSR count). The van der Waals surface area contributed by atoms with E-state index in [1.165, 1.54) is 12.1 Å². The van der Waals surface area contributed by atoms with Crippen LogP contribution in [0.2, 0.25) is 5.02 Å². The van der Waals surface area contributed by atoms with Crippen LogP contribution in [-0.4, -0.2) is 26.0 Å². The molecule has 0 bridgehead atoms. The van der Waals surface area contributed by atoms with Crippen LogP contribution in [0.5, 0.6) is 0 Å². The number of nitrogens with one attached hydrogen (secondary N) is 1. The molecule has 0 heterocycles. The van der Waals surface area contributed by atoms with Crippen LogP contribution in [0.1, 0.15) is 12.0 Å². The molecule has 0 radical (unpaired) electrons. The Labute approximate surface area is 109 Å². The topological polar surface area (TPSA) is 83.5 Å². The number of sulfonamides is 1. The van der Waals surface area contributed by atoms with E-state index in [0.717, 1.165) is 6.07 Å². The normalized spacial score (nSPS) is 11.4. The van der Waals surface area contributed by atoms with Crippen molar-refractivity contribution in [2.75, 3.05) is 6.54 Å². The number of rotatable bonds is 6. The van der Waals surface area contributed by atoms with Crippen molar-refractivity contribution >= 4 is 27.6 Å². The van der Waals surface area contributed by atoms with Crippen molar-refractivity contribution in [1.29, 1.82) is 0 Å². The molecule has 8 heteroatoms. The Kier molecular flexibility index (Phi) is 5.06. The summed E-state index contributed by atoms with van der Waals surface area (Å²) in [5, 5.41) is 8.60. The summed E-state index contributed by atoms with van der Waals surface area (Å²) in [5.74, 6) is -2.38. The van der Waals surface area contributed by atoms with Gasteiger partial charge in [0.1, 0.15) is 5.82 Å². The van der Waals surface area contributed by atoms with Crippen LogP contribution in [-0.2, 0) is 20.6 Å². The van der Waals surface area contributed by atoms with Gasteiger partial charge in [-0.2, -0.15) is 0 Å². The standard InChI is InChI=1S/C10H11ClFNO4S/c11-8-1-2-9(12)7(5-8)6-18(16,17)13-4-3-10(14)15/h1-2,5,13H,3-4,6H2,(H,14,15). The van der Waals surface area contributed by atoms with Gasteiger partial charge in [-0.15, -0.1) is 0 Å². The van der Waals surface area contributed by atoms with Crippen LogP contribution in [0.3, 0.4) is 0 Å². The lowest BCUT2D eigenvalue weighted by Gasteiger charge is -2.06. The van der Waals surface area contributed by atoms with E-state index in [2.05, 4.69) is 4.72 Å². The molecule has 0 spiro atoms. The predicted octanol–water partition coefficient (Wildman–Crippen LogP) is 1.37. The maximum Gasteiger partial charge on any atom is 0.304 e. The molecule has 100 valence electrons. The number of halogens is 2. The summed E-state index contributed by atoms with van der Waals surface area (Å²) in [6, 6.07) is 3.60. The molecule has 0 unspecified atom stereocenters. The highest BCUT2D eigenvalue weighted by molar-refractivity contribution is 7.88. The smallest absolute Gasteiger partial charge is 0.304 e. The molecule has 18 heavy (non-hydrogen) atoms. The van der Waals surface area contributed by atoms with Gasteiger partial charge in [-0.1, -0.05) is 11.6 Å². The molecule has 1 aromatic rings. The van der Waals surface area contributed by atoms with E-state index in [1.54, 1.807) is 0 Å².